The fourth-order valence-corrected chi connectivity index (χ4v) is 3.81. The zero-order valence-corrected chi connectivity index (χ0v) is 12.5. The molecule has 0 radical (unpaired) electrons. The fraction of sp³-hybridized carbons (Fsp3) is 0.368. The van der Waals surface area contributed by atoms with Gasteiger partial charge in [0.1, 0.15) is 5.82 Å². The van der Waals surface area contributed by atoms with Crippen LogP contribution in [-0.4, -0.2) is 13.6 Å². The first-order valence-corrected chi connectivity index (χ1v) is 7.71. The van der Waals surface area contributed by atoms with Crippen LogP contribution in [0.2, 0.25) is 0 Å². The van der Waals surface area contributed by atoms with Gasteiger partial charge in [0.25, 0.3) is 0 Å². The molecule has 0 aromatic heterocycles. The highest BCUT2D eigenvalue weighted by molar-refractivity contribution is 5.39. The number of aryl methyl sites for hydroxylation is 1. The number of fused-ring (bicyclic) bond motifs is 1. The molecular weight excluding hydrogens is 261 g/mol. The summed E-state index contributed by atoms with van der Waals surface area (Å²) in [7, 11) is 2.00. The molecule has 0 heterocycles. The smallest absolute Gasteiger partial charge is 0.123 e. The number of halogens is 1. The van der Waals surface area contributed by atoms with Crippen LogP contribution in [-0.2, 0) is 18.3 Å². The minimum atomic E-state index is -0.142. The Morgan fingerprint density at radius 3 is 2.81 bits per heavy atom. The maximum atomic E-state index is 13.5. The van der Waals surface area contributed by atoms with Crippen molar-refractivity contribution in [3.63, 3.8) is 0 Å². The van der Waals surface area contributed by atoms with Crippen LogP contribution in [0.25, 0.3) is 0 Å². The van der Waals surface area contributed by atoms with Gasteiger partial charge in [0, 0.05) is 12.0 Å². The molecule has 21 heavy (non-hydrogen) atoms. The fourth-order valence-electron chi connectivity index (χ4n) is 3.81. The van der Waals surface area contributed by atoms with Crippen LogP contribution in [0.3, 0.4) is 0 Å². The second kappa shape index (κ2) is 5.98. The van der Waals surface area contributed by atoms with Crippen LogP contribution in [0.1, 0.15) is 29.5 Å². The second-order valence-corrected chi connectivity index (χ2v) is 6.13. The van der Waals surface area contributed by atoms with Crippen molar-refractivity contribution < 1.29 is 4.39 Å². The summed E-state index contributed by atoms with van der Waals surface area (Å²) in [5.41, 5.74) is 4.06. The van der Waals surface area contributed by atoms with E-state index in [1.807, 2.05) is 19.2 Å². The first-order chi connectivity index (χ1) is 10.2. The van der Waals surface area contributed by atoms with Crippen LogP contribution in [0, 0.1) is 5.82 Å². The molecule has 0 fully saturated rings. The molecule has 0 amide bonds. The lowest BCUT2D eigenvalue weighted by atomic mass is 9.66. The van der Waals surface area contributed by atoms with Crippen molar-refractivity contribution in [3.8, 4) is 0 Å². The Morgan fingerprint density at radius 1 is 1.14 bits per heavy atom. The third-order valence-corrected chi connectivity index (χ3v) is 4.64. The molecule has 0 aliphatic heterocycles. The number of hydrogen-bond donors (Lipinski definition) is 1. The number of rotatable bonds is 4. The molecule has 0 saturated heterocycles. The average Bonchev–Trinajstić information content (AvgIpc) is 2.48. The molecule has 110 valence electrons. The van der Waals surface area contributed by atoms with Gasteiger partial charge in [0.2, 0.25) is 0 Å². The Balaban J connectivity index is 2.01. The number of nitrogens with one attached hydrogen (secondary N) is 1. The minimum absolute atomic E-state index is 0.0807. The van der Waals surface area contributed by atoms with Gasteiger partial charge in [-0.25, -0.2) is 4.39 Å². The zero-order chi connectivity index (χ0) is 14.7. The van der Waals surface area contributed by atoms with E-state index in [0.29, 0.717) is 0 Å². The third kappa shape index (κ3) is 2.86. The van der Waals surface area contributed by atoms with Gasteiger partial charge in [-0.15, -0.1) is 0 Å². The Morgan fingerprint density at radius 2 is 2.00 bits per heavy atom. The maximum Gasteiger partial charge on any atom is 0.123 e. The number of hydrogen-bond acceptors (Lipinski definition) is 1. The Bertz CT molecular complexity index is 622. The van der Waals surface area contributed by atoms with E-state index in [-0.39, 0.29) is 11.2 Å². The highest BCUT2D eigenvalue weighted by Crippen LogP contribution is 2.39. The SMILES string of the molecule is CNCC1(Cc2cccc(F)c2)CCCc2ccccc21. The van der Waals surface area contributed by atoms with Crippen LogP contribution < -0.4 is 5.32 Å². The van der Waals surface area contributed by atoms with E-state index in [1.54, 1.807) is 6.07 Å². The molecule has 2 heteroatoms. The first-order valence-electron chi connectivity index (χ1n) is 7.71. The van der Waals surface area contributed by atoms with E-state index < -0.39 is 0 Å². The summed E-state index contributed by atoms with van der Waals surface area (Å²) in [4.78, 5) is 0. The zero-order valence-electron chi connectivity index (χ0n) is 12.5. The maximum absolute atomic E-state index is 13.5. The predicted octanol–water partition coefficient (Wildman–Crippen LogP) is 3.86. The van der Waals surface area contributed by atoms with E-state index in [9.17, 15) is 4.39 Å². The van der Waals surface area contributed by atoms with Crippen molar-refractivity contribution in [3.05, 3.63) is 71.0 Å². The summed E-state index contributed by atoms with van der Waals surface area (Å²) in [5.74, 6) is -0.142. The molecule has 1 nitrogen and oxygen atoms in total. The highest BCUT2D eigenvalue weighted by atomic mass is 19.1. The van der Waals surface area contributed by atoms with Gasteiger partial charge in [-0.1, -0.05) is 36.4 Å². The van der Waals surface area contributed by atoms with Crippen molar-refractivity contribution in [1.82, 2.24) is 5.32 Å². The van der Waals surface area contributed by atoms with Gasteiger partial charge >= 0.3 is 0 Å². The van der Waals surface area contributed by atoms with Gasteiger partial charge in [0.05, 0.1) is 0 Å². The van der Waals surface area contributed by atoms with Crippen LogP contribution in [0.5, 0.6) is 0 Å². The minimum Gasteiger partial charge on any atom is -0.319 e. The molecule has 1 aliphatic rings. The van der Waals surface area contributed by atoms with Crippen molar-refractivity contribution in [2.75, 3.05) is 13.6 Å². The topological polar surface area (TPSA) is 12.0 Å². The largest absolute Gasteiger partial charge is 0.319 e. The summed E-state index contributed by atoms with van der Waals surface area (Å²) in [6, 6.07) is 15.8. The van der Waals surface area contributed by atoms with Gasteiger partial charge in [-0.2, -0.15) is 0 Å². The van der Waals surface area contributed by atoms with Gasteiger partial charge < -0.3 is 5.32 Å². The Kier molecular flexibility index (Phi) is 4.07. The number of benzene rings is 2. The standard InChI is InChI=1S/C19H22FN/c1-21-14-19(13-15-6-4-9-17(20)12-15)11-5-8-16-7-2-3-10-18(16)19/h2-4,6-7,9-10,12,21H,5,8,11,13-14H2,1H3. The Hall–Kier alpha value is -1.67. The lowest BCUT2D eigenvalue weighted by Gasteiger charge is -2.39. The lowest BCUT2D eigenvalue weighted by Crippen LogP contribution is -2.41. The van der Waals surface area contributed by atoms with E-state index >= 15 is 0 Å². The van der Waals surface area contributed by atoms with E-state index in [0.717, 1.165) is 31.4 Å². The van der Waals surface area contributed by atoms with E-state index in [1.165, 1.54) is 23.6 Å². The summed E-state index contributed by atoms with van der Waals surface area (Å²) in [5, 5.41) is 3.36. The molecule has 0 bridgehead atoms. The first kappa shape index (κ1) is 14.3. The highest BCUT2D eigenvalue weighted by Gasteiger charge is 2.35. The van der Waals surface area contributed by atoms with Crippen LogP contribution >= 0.6 is 0 Å². The van der Waals surface area contributed by atoms with Gasteiger partial charge in [-0.3, -0.25) is 0 Å². The van der Waals surface area contributed by atoms with Crippen LogP contribution in [0.4, 0.5) is 4.39 Å². The molecule has 0 spiro atoms. The monoisotopic (exact) mass is 283 g/mol. The lowest BCUT2D eigenvalue weighted by molar-refractivity contribution is 0.344. The third-order valence-electron chi connectivity index (χ3n) is 4.64. The van der Waals surface area contributed by atoms with Crippen molar-refractivity contribution in [2.45, 2.75) is 31.1 Å². The quantitative estimate of drug-likeness (QED) is 0.898. The second-order valence-electron chi connectivity index (χ2n) is 6.13. The normalized spacial score (nSPS) is 21.0. The van der Waals surface area contributed by atoms with Crippen molar-refractivity contribution in [1.29, 1.82) is 0 Å². The van der Waals surface area contributed by atoms with Gasteiger partial charge in [0.15, 0.2) is 0 Å². The molecule has 1 N–H and O–H groups in total. The van der Waals surface area contributed by atoms with Crippen molar-refractivity contribution in [2.24, 2.45) is 0 Å². The van der Waals surface area contributed by atoms with Gasteiger partial charge in [-0.05, 0) is 61.6 Å². The molecule has 1 atom stereocenters. The molecule has 2 aromatic carbocycles. The predicted molar refractivity (Wildman–Crippen MR) is 85.1 cm³/mol. The molecule has 0 saturated carbocycles. The molecule has 2 aromatic rings. The molecule has 3 rings (SSSR count). The van der Waals surface area contributed by atoms with Crippen LogP contribution in [0.15, 0.2) is 48.5 Å². The Labute approximate surface area is 126 Å². The van der Waals surface area contributed by atoms with E-state index in [4.69, 9.17) is 0 Å². The molecular formula is C19H22FN. The molecule has 1 unspecified atom stereocenters. The summed E-state index contributed by atoms with van der Waals surface area (Å²) in [6.07, 6.45) is 4.41. The average molecular weight is 283 g/mol. The summed E-state index contributed by atoms with van der Waals surface area (Å²) in [6.45, 7) is 0.931. The summed E-state index contributed by atoms with van der Waals surface area (Å²) >= 11 is 0. The van der Waals surface area contributed by atoms with E-state index in [2.05, 4.69) is 29.6 Å². The molecule has 1 aliphatic carbocycles. The number of likely N-dealkylation sites (N-methyl/N-ethyl adjacent to an activating group) is 1. The summed E-state index contributed by atoms with van der Waals surface area (Å²) < 4.78 is 13.5. The van der Waals surface area contributed by atoms with Crippen molar-refractivity contribution >= 4 is 0 Å².